The van der Waals surface area contributed by atoms with Crippen molar-refractivity contribution in [1.29, 1.82) is 0 Å². The van der Waals surface area contributed by atoms with Gasteiger partial charge in [0.25, 0.3) is 0 Å². The molecule has 0 spiro atoms. The molecule has 2 rings (SSSR count). The minimum atomic E-state index is -0.210. The summed E-state index contributed by atoms with van der Waals surface area (Å²) in [7, 11) is 3.48. The van der Waals surface area contributed by atoms with Gasteiger partial charge in [0.2, 0.25) is 0 Å². The summed E-state index contributed by atoms with van der Waals surface area (Å²) in [4.78, 5) is 1.92. The van der Waals surface area contributed by atoms with Crippen LogP contribution in [0, 0.1) is 5.82 Å². The predicted molar refractivity (Wildman–Crippen MR) is 76.3 cm³/mol. The standard InChI is InChI=1S/C15H16FNOS/c1-17-10-11-6-12(16)8-15(7-11)19-14-5-3-4-13(9-14)18-2/h3-9,17H,10H2,1-2H3. The zero-order valence-corrected chi connectivity index (χ0v) is 11.8. The largest absolute Gasteiger partial charge is 0.497 e. The maximum Gasteiger partial charge on any atom is 0.124 e. The highest BCUT2D eigenvalue weighted by atomic mass is 32.2. The monoisotopic (exact) mass is 277 g/mol. The van der Waals surface area contributed by atoms with Crippen LogP contribution in [-0.2, 0) is 6.54 Å². The predicted octanol–water partition coefficient (Wildman–Crippen LogP) is 3.70. The van der Waals surface area contributed by atoms with E-state index in [4.69, 9.17) is 4.74 Å². The van der Waals surface area contributed by atoms with Crippen molar-refractivity contribution < 1.29 is 9.13 Å². The fourth-order valence-electron chi connectivity index (χ4n) is 1.79. The van der Waals surface area contributed by atoms with Crippen LogP contribution in [0.1, 0.15) is 5.56 Å². The molecule has 0 saturated carbocycles. The summed E-state index contributed by atoms with van der Waals surface area (Å²) in [6.45, 7) is 0.656. The average Bonchev–Trinajstić information content (AvgIpc) is 2.38. The number of halogens is 1. The number of benzene rings is 2. The van der Waals surface area contributed by atoms with Gasteiger partial charge in [-0.05, 0) is 49.0 Å². The number of rotatable bonds is 5. The summed E-state index contributed by atoms with van der Waals surface area (Å²) >= 11 is 1.52. The van der Waals surface area contributed by atoms with Gasteiger partial charge in [-0.15, -0.1) is 0 Å². The van der Waals surface area contributed by atoms with Crippen LogP contribution in [0.2, 0.25) is 0 Å². The molecule has 0 atom stereocenters. The second-order valence-corrected chi connectivity index (χ2v) is 5.25. The van der Waals surface area contributed by atoms with E-state index in [1.807, 2.05) is 37.4 Å². The highest BCUT2D eigenvalue weighted by Gasteiger charge is 2.03. The maximum absolute atomic E-state index is 13.5. The summed E-state index contributed by atoms with van der Waals surface area (Å²) in [6.07, 6.45) is 0. The smallest absolute Gasteiger partial charge is 0.124 e. The van der Waals surface area contributed by atoms with Gasteiger partial charge in [-0.1, -0.05) is 17.8 Å². The first kappa shape index (κ1) is 13.9. The highest BCUT2D eigenvalue weighted by molar-refractivity contribution is 7.99. The Morgan fingerprint density at radius 1 is 1.16 bits per heavy atom. The third kappa shape index (κ3) is 3.98. The molecule has 0 saturated heterocycles. The van der Waals surface area contributed by atoms with Crippen LogP contribution < -0.4 is 10.1 Å². The van der Waals surface area contributed by atoms with Crippen LogP contribution in [0.3, 0.4) is 0 Å². The summed E-state index contributed by atoms with van der Waals surface area (Å²) in [5.74, 6) is 0.593. The summed E-state index contributed by atoms with van der Waals surface area (Å²) in [5.41, 5.74) is 0.938. The Morgan fingerprint density at radius 3 is 2.74 bits per heavy atom. The van der Waals surface area contributed by atoms with Crippen LogP contribution in [-0.4, -0.2) is 14.2 Å². The van der Waals surface area contributed by atoms with Gasteiger partial charge in [-0.25, -0.2) is 4.39 Å². The SMILES string of the molecule is CNCc1cc(F)cc(Sc2cccc(OC)c2)c1. The summed E-state index contributed by atoms with van der Waals surface area (Å²) < 4.78 is 18.7. The van der Waals surface area contributed by atoms with Crippen molar-refractivity contribution in [3.63, 3.8) is 0 Å². The van der Waals surface area contributed by atoms with E-state index >= 15 is 0 Å². The first-order chi connectivity index (χ1) is 9.21. The zero-order valence-electron chi connectivity index (χ0n) is 10.9. The van der Waals surface area contributed by atoms with E-state index in [-0.39, 0.29) is 5.82 Å². The van der Waals surface area contributed by atoms with Gasteiger partial charge in [0.15, 0.2) is 0 Å². The molecule has 0 aliphatic heterocycles. The van der Waals surface area contributed by atoms with Crippen LogP contribution in [0.5, 0.6) is 5.75 Å². The molecule has 19 heavy (non-hydrogen) atoms. The normalized spacial score (nSPS) is 10.5. The molecule has 2 nitrogen and oxygen atoms in total. The quantitative estimate of drug-likeness (QED) is 0.900. The second-order valence-electron chi connectivity index (χ2n) is 4.11. The number of nitrogens with one attached hydrogen (secondary N) is 1. The molecular formula is C15H16FNOS. The van der Waals surface area contributed by atoms with Crippen LogP contribution in [0.15, 0.2) is 52.3 Å². The van der Waals surface area contributed by atoms with Crippen molar-refractivity contribution in [2.75, 3.05) is 14.2 Å². The lowest BCUT2D eigenvalue weighted by Crippen LogP contribution is -2.05. The molecule has 2 aromatic carbocycles. The molecule has 0 radical (unpaired) electrons. The van der Waals surface area contributed by atoms with Gasteiger partial charge >= 0.3 is 0 Å². The third-order valence-electron chi connectivity index (χ3n) is 2.59. The van der Waals surface area contributed by atoms with Gasteiger partial charge in [-0.3, -0.25) is 0 Å². The fraction of sp³-hybridized carbons (Fsp3) is 0.200. The summed E-state index contributed by atoms with van der Waals surface area (Å²) in [6, 6.07) is 12.8. The van der Waals surface area contributed by atoms with Crippen molar-refractivity contribution in [3.05, 3.63) is 53.8 Å². The summed E-state index contributed by atoms with van der Waals surface area (Å²) in [5, 5.41) is 3.02. The minimum Gasteiger partial charge on any atom is -0.497 e. The molecule has 1 N–H and O–H groups in total. The second kappa shape index (κ2) is 6.59. The van der Waals surface area contributed by atoms with Gasteiger partial charge < -0.3 is 10.1 Å². The first-order valence-electron chi connectivity index (χ1n) is 5.97. The third-order valence-corrected chi connectivity index (χ3v) is 3.55. The van der Waals surface area contributed by atoms with Crippen LogP contribution in [0.25, 0.3) is 0 Å². The topological polar surface area (TPSA) is 21.3 Å². The molecule has 100 valence electrons. The van der Waals surface area contributed by atoms with Crippen molar-refractivity contribution in [3.8, 4) is 5.75 Å². The molecule has 0 aliphatic rings. The molecule has 0 heterocycles. The number of hydrogen-bond acceptors (Lipinski definition) is 3. The van der Waals surface area contributed by atoms with E-state index in [2.05, 4.69) is 5.32 Å². The lowest BCUT2D eigenvalue weighted by Gasteiger charge is -2.07. The van der Waals surface area contributed by atoms with Gasteiger partial charge in [-0.2, -0.15) is 0 Å². The molecule has 0 unspecified atom stereocenters. The van der Waals surface area contributed by atoms with E-state index in [1.54, 1.807) is 19.2 Å². The molecule has 4 heteroatoms. The Kier molecular flexibility index (Phi) is 4.82. The number of ether oxygens (including phenoxy) is 1. The van der Waals surface area contributed by atoms with E-state index in [9.17, 15) is 4.39 Å². The van der Waals surface area contributed by atoms with E-state index in [0.717, 1.165) is 21.1 Å². The maximum atomic E-state index is 13.5. The van der Waals surface area contributed by atoms with Crippen molar-refractivity contribution in [1.82, 2.24) is 5.32 Å². The Bertz CT molecular complexity index is 560. The van der Waals surface area contributed by atoms with Gasteiger partial charge in [0.05, 0.1) is 7.11 Å². The van der Waals surface area contributed by atoms with Crippen molar-refractivity contribution >= 4 is 11.8 Å². The zero-order chi connectivity index (χ0) is 13.7. The molecule has 0 aliphatic carbocycles. The number of hydrogen-bond donors (Lipinski definition) is 1. The molecule has 0 aromatic heterocycles. The van der Waals surface area contributed by atoms with E-state index in [1.165, 1.54) is 11.8 Å². The lowest BCUT2D eigenvalue weighted by atomic mass is 10.2. The molecule has 0 fully saturated rings. The first-order valence-corrected chi connectivity index (χ1v) is 6.79. The van der Waals surface area contributed by atoms with E-state index in [0.29, 0.717) is 6.54 Å². The average molecular weight is 277 g/mol. The van der Waals surface area contributed by atoms with Crippen LogP contribution in [0.4, 0.5) is 4.39 Å². The highest BCUT2D eigenvalue weighted by Crippen LogP contribution is 2.31. The van der Waals surface area contributed by atoms with E-state index < -0.39 is 0 Å². The Hall–Kier alpha value is -1.52. The molecular weight excluding hydrogens is 261 g/mol. The fourth-order valence-corrected chi connectivity index (χ4v) is 2.76. The molecule has 2 aromatic rings. The Labute approximate surface area is 117 Å². The minimum absolute atomic E-state index is 0.210. The van der Waals surface area contributed by atoms with Crippen molar-refractivity contribution in [2.45, 2.75) is 16.3 Å². The molecule has 0 bridgehead atoms. The van der Waals surface area contributed by atoms with Gasteiger partial charge in [0.1, 0.15) is 11.6 Å². The molecule has 0 amide bonds. The lowest BCUT2D eigenvalue weighted by molar-refractivity contribution is 0.413. The Balaban J connectivity index is 2.22. The van der Waals surface area contributed by atoms with Crippen LogP contribution >= 0.6 is 11.8 Å². The Morgan fingerprint density at radius 2 is 2.00 bits per heavy atom. The van der Waals surface area contributed by atoms with Gasteiger partial charge in [0, 0.05) is 16.3 Å². The number of methoxy groups -OCH3 is 1. The van der Waals surface area contributed by atoms with Crippen molar-refractivity contribution in [2.24, 2.45) is 0 Å².